The highest BCUT2D eigenvalue weighted by Gasteiger charge is 2.26. The van der Waals surface area contributed by atoms with Crippen LogP contribution in [0.4, 0.5) is 0 Å². The van der Waals surface area contributed by atoms with Crippen molar-refractivity contribution < 1.29 is 4.52 Å². The van der Waals surface area contributed by atoms with Crippen molar-refractivity contribution in [2.75, 3.05) is 26.2 Å². The molecule has 0 spiro atoms. The Hall–Kier alpha value is -2.67. The molecule has 0 saturated carbocycles. The van der Waals surface area contributed by atoms with Crippen LogP contribution >= 0.6 is 11.6 Å². The normalized spacial score (nSPS) is 16.6. The fourth-order valence-corrected chi connectivity index (χ4v) is 4.72. The molecule has 1 aliphatic rings. The van der Waals surface area contributed by atoms with Crippen molar-refractivity contribution in [1.82, 2.24) is 24.5 Å². The monoisotopic (exact) mass is 449 g/mol. The summed E-state index contributed by atoms with van der Waals surface area (Å²) in [7, 11) is 0. The van der Waals surface area contributed by atoms with Gasteiger partial charge in [0.1, 0.15) is 5.82 Å². The van der Waals surface area contributed by atoms with Crippen LogP contribution in [-0.2, 0) is 13.1 Å². The van der Waals surface area contributed by atoms with Gasteiger partial charge in [-0.15, -0.1) is 0 Å². The van der Waals surface area contributed by atoms with Gasteiger partial charge in [0.25, 0.3) is 0 Å². The van der Waals surface area contributed by atoms with Gasteiger partial charge < -0.3 is 9.09 Å². The van der Waals surface area contributed by atoms with E-state index in [9.17, 15) is 0 Å². The fraction of sp³-hybridized carbons (Fsp3) is 0.360. The third-order valence-electron chi connectivity index (χ3n) is 6.31. The molecule has 1 aliphatic heterocycles. The molecule has 6 nitrogen and oxygen atoms in total. The molecule has 4 aromatic rings. The standard InChI is InChI=1S/C25H28ClN5O/c1-18-14-22(32-28-18)17-29-10-12-30(13-11-29)19(2)25-27-23-15-21(26)8-9-24(23)31(25)16-20-6-4-3-5-7-20/h3-9,14-15,19H,10-13,16-17H2,1-2H3. The summed E-state index contributed by atoms with van der Waals surface area (Å²) in [6.07, 6.45) is 0. The van der Waals surface area contributed by atoms with E-state index in [-0.39, 0.29) is 6.04 Å². The average Bonchev–Trinajstić information content (AvgIpc) is 3.37. The molecule has 166 valence electrons. The van der Waals surface area contributed by atoms with Crippen LogP contribution < -0.4 is 0 Å². The second-order valence-electron chi connectivity index (χ2n) is 8.60. The van der Waals surface area contributed by atoms with Gasteiger partial charge in [0.15, 0.2) is 5.76 Å². The fourth-order valence-electron chi connectivity index (χ4n) is 4.56. The van der Waals surface area contributed by atoms with Crippen LogP contribution in [0.5, 0.6) is 0 Å². The minimum Gasteiger partial charge on any atom is -0.360 e. The molecule has 0 bridgehead atoms. The average molecular weight is 450 g/mol. The number of aryl methyl sites for hydroxylation is 1. The predicted molar refractivity (Wildman–Crippen MR) is 127 cm³/mol. The van der Waals surface area contributed by atoms with Crippen molar-refractivity contribution in [2.45, 2.75) is 33.0 Å². The van der Waals surface area contributed by atoms with E-state index in [0.717, 1.165) is 72.6 Å². The van der Waals surface area contributed by atoms with Crippen molar-refractivity contribution in [3.8, 4) is 0 Å². The summed E-state index contributed by atoms with van der Waals surface area (Å²) in [6.45, 7) is 9.80. The van der Waals surface area contributed by atoms with Crippen LogP contribution in [0.3, 0.4) is 0 Å². The first kappa shape index (κ1) is 21.2. The van der Waals surface area contributed by atoms with E-state index in [1.54, 1.807) is 0 Å². The number of piperazine rings is 1. The van der Waals surface area contributed by atoms with E-state index >= 15 is 0 Å². The van der Waals surface area contributed by atoms with Crippen molar-refractivity contribution in [3.63, 3.8) is 0 Å². The molecule has 5 rings (SSSR count). The lowest BCUT2D eigenvalue weighted by Crippen LogP contribution is -2.47. The molecule has 2 aromatic heterocycles. The van der Waals surface area contributed by atoms with Crippen LogP contribution in [0.25, 0.3) is 11.0 Å². The molecule has 0 aliphatic carbocycles. The van der Waals surface area contributed by atoms with Gasteiger partial charge in [-0.05, 0) is 37.6 Å². The zero-order chi connectivity index (χ0) is 22.1. The zero-order valence-corrected chi connectivity index (χ0v) is 19.3. The van der Waals surface area contributed by atoms with Crippen LogP contribution in [0.2, 0.25) is 5.02 Å². The van der Waals surface area contributed by atoms with Crippen LogP contribution in [0.1, 0.15) is 35.8 Å². The third-order valence-corrected chi connectivity index (χ3v) is 6.54. The number of nitrogens with zero attached hydrogens (tertiary/aromatic N) is 5. The van der Waals surface area contributed by atoms with E-state index < -0.39 is 0 Å². The Morgan fingerprint density at radius 2 is 1.78 bits per heavy atom. The van der Waals surface area contributed by atoms with Gasteiger partial charge in [0.05, 0.1) is 29.3 Å². The number of aromatic nitrogens is 3. The second kappa shape index (κ2) is 9.06. The van der Waals surface area contributed by atoms with Crippen molar-refractivity contribution in [2.24, 2.45) is 0 Å². The topological polar surface area (TPSA) is 50.3 Å². The van der Waals surface area contributed by atoms with Crippen LogP contribution in [0.15, 0.2) is 59.1 Å². The maximum atomic E-state index is 6.28. The van der Waals surface area contributed by atoms with Gasteiger partial charge in [-0.2, -0.15) is 0 Å². The highest BCUT2D eigenvalue weighted by atomic mass is 35.5. The molecule has 1 saturated heterocycles. The highest BCUT2D eigenvalue weighted by molar-refractivity contribution is 6.31. The number of hydrogen-bond acceptors (Lipinski definition) is 5. The smallest absolute Gasteiger partial charge is 0.150 e. The first-order valence-electron chi connectivity index (χ1n) is 11.1. The van der Waals surface area contributed by atoms with Gasteiger partial charge in [-0.1, -0.05) is 47.1 Å². The molecule has 1 fully saturated rings. The lowest BCUT2D eigenvalue weighted by molar-refractivity contribution is 0.0879. The van der Waals surface area contributed by atoms with Crippen LogP contribution in [0, 0.1) is 6.92 Å². The minimum atomic E-state index is 0.208. The summed E-state index contributed by atoms with van der Waals surface area (Å²) < 4.78 is 7.74. The molecule has 1 unspecified atom stereocenters. The van der Waals surface area contributed by atoms with E-state index in [4.69, 9.17) is 21.1 Å². The Kier molecular flexibility index (Phi) is 6.00. The largest absolute Gasteiger partial charge is 0.360 e. The van der Waals surface area contributed by atoms with Gasteiger partial charge >= 0.3 is 0 Å². The Bertz CT molecular complexity index is 1190. The molecule has 0 amide bonds. The lowest BCUT2D eigenvalue weighted by Gasteiger charge is -2.37. The maximum Gasteiger partial charge on any atom is 0.150 e. The van der Waals surface area contributed by atoms with E-state index in [0.29, 0.717) is 0 Å². The Morgan fingerprint density at radius 1 is 1.00 bits per heavy atom. The number of benzene rings is 2. The summed E-state index contributed by atoms with van der Waals surface area (Å²) in [4.78, 5) is 9.98. The summed E-state index contributed by atoms with van der Waals surface area (Å²) in [5.74, 6) is 2.02. The Labute approximate surface area is 193 Å². The first-order valence-corrected chi connectivity index (χ1v) is 11.5. The summed E-state index contributed by atoms with van der Waals surface area (Å²) in [6, 6.07) is 18.8. The maximum absolute atomic E-state index is 6.28. The number of hydrogen-bond donors (Lipinski definition) is 0. The highest BCUT2D eigenvalue weighted by Crippen LogP contribution is 2.28. The third kappa shape index (κ3) is 4.44. The molecular formula is C25H28ClN5O. The van der Waals surface area contributed by atoms with Gasteiger partial charge in [0, 0.05) is 43.8 Å². The summed E-state index contributed by atoms with van der Waals surface area (Å²) >= 11 is 6.28. The number of fused-ring (bicyclic) bond motifs is 1. The van der Waals surface area contributed by atoms with Crippen molar-refractivity contribution in [3.05, 3.63) is 82.5 Å². The molecule has 2 aromatic carbocycles. The molecule has 1 atom stereocenters. The molecular weight excluding hydrogens is 422 g/mol. The van der Waals surface area contributed by atoms with E-state index in [1.165, 1.54) is 5.56 Å². The number of imidazole rings is 1. The minimum absolute atomic E-state index is 0.208. The van der Waals surface area contributed by atoms with Crippen molar-refractivity contribution in [1.29, 1.82) is 0 Å². The molecule has 32 heavy (non-hydrogen) atoms. The predicted octanol–water partition coefficient (Wildman–Crippen LogP) is 4.91. The molecule has 3 heterocycles. The molecule has 0 radical (unpaired) electrons. The number of halogens is 1. The first-order chi connectivity index (χ1) is 15.6. The zero-order valence-electron chi connectivity index (χ0n) is 18.5. The van der Waals surface area contributed by atoms with Crippen LogP contribution in [-0.4, -0.2) is 50.7 Å². The summed E-state index contributed by atoms with van der Waals surface area (Å²) in [5.41, 5.74) is 4.28. The van der Waals surface area contributed by atoms with E-state index in [2.05, 4.69) is 62.8 Å². The lowest BCUT2D eigenvalue weighted by atomic mass is 10.2. The van der Waals surface area contributed by atoms with Gasteiger partial charge in [-0.25, -0.2) is 4.98 Å². The molecule has 0 N–H and O–H groups in total. The quantitative estimate of drug-likeness (QED) is 0.418. The number of rotatable bonds is 6. The Morgan fingerprint density at radius 3 is 2.50 bits per heavy atom. The van der Waals surface area contributed by atoms with Gasteiger partial charge in [0.2, 0.25) is 0 Å². The van der Waals surface area contributed by atoms with Crippen molar-refractivity contribution >= 4 is 22.6 Å². The van der Waals surface area contributed by atoms with Gasteiger partial charge in [-0.3, -0.25) is 9.80 Å². The molecule has 7 heteroatoms. The van der Waals surface area contributed by atoms with E-state index in [1.807, 2.05) is 25.1 Å². The SMILES string of the molecule is Cc1cc(CN2CCN(C(C)c3nc4cc(Cl)ccc4n3Cc3ccccc3)CC2)on1. The summed E-state index contributed by atoms with van der Waals surface area (Å²) in [5, 5.41) is 4.72. The Balaban J connectivity index is 1.36. The second-order valence-corrected chi connectivity index (χ2v) is 9.03.